The molecule has 0 spiro atoms. The number of primary amides is 1. The summed E-state index contributed by atoms with van der Waals surface area (Å²) in [5.41, 5.74) is 5.77. The molecule has 1 aromatic carbocycles. The maximum Gasteiger partial charge on any atom is 0.251 e. The molecular weight excluding hydrogens is 270 g/mol. The molecule has 1 unspecified atom stereocenters. The quantitative estimate of drug-likeness (QED) is 0.702. The molecule has 2 rings (SSSR count). The second-order valence-corrected chi connectivity index (χ2v) is 5.37. The lowest BCUT2D eigenvalue weighted by atomic mass is 9.98. The minimum Gasteiger partial charge on any atom is -0.383 e. The van der Waals surface area contributed by atoms with Gasteiger partial charge in [-0.05, 0) is 37.6 Å². The van der Waals surface area contributed by atoms with Crippen molar-refractivity contribution < 1.29 is 14.3 Å². The Morgan fingerprint density at radius 1 is 1.43 bits per heavy atom. The van der Waals surface area contributed by atoms with Crippen molar-refractivity contribution in [1.82, 2.24) is 10.6 Å². The Labute approximate surface area is 124 Å². The molecule has 6 nitrogen and oxygen atoms in total. The molecule has 4 N–H and O–H groups in total. The summed E-state index contributed by atoms with van der Waals surface area (Å²) in [4.78, 5) is 23.3. The van der Waals surface area contributed by atoms with E-state index in [2.05, 4.69) is 10.6 Å². The first-order valence-corrected chi connectivity index (χ1v) is 6.98. The molecule has 6 heteroatoms. The van der Waals surface area contributed by atoms with Crippen molar-refractivity contribution in [2.45, 2.75) is 18.4 Å². The van der Waals surface area contributed by atoms with Crippen LogP contribution in [0, 0.1) is 0 Å². The summed E-state index contributed by atoms with van der Waals surface area (Å²) in [7, 11) is 1.65. The highest BCUT2D eigenvalue weighted by molar-refractivity contribution is 5.99. The number of carbonyl (C=O) groups excluding carboxylic acids is 2. The highest BCUT2D eigenvalue weighted by Crippen LogP contribution is 2.19. The normalized spacial score (nSPS) is 21.2. The fourth-order valence-corrected chi connectivity index (χ4v) is 2.64. The first kappa shape index (κ1) is 15.5. The summed E-state index contributed by atoms with van der Waals surface area (Å²) < 4.78 is 5.24. The highest BCUT2D eigenvalue weighted by Gasteiger charge is 2.33. The summed E-state index contributed by atoms with van der Waals surface area (Å²) >= 11 is 0. The molecule has 1 aliphatic rings. The molecule has 0 radical (unpaired) electrons. The standard InChI is InChI=1S/C15H21N3O3/c1-21-10-15(6-3-7-18-15)9-17-14(20)12-5-2-4-11(8-12)13(16)19/h2,4-5,8,18H,3,6-7,9-10H2,1H3,(H2,16,19)(H,17,20). The van der Waals surface area contributed by atoms with Crippen LogP contribution in [-0.2, 0) is 4.74 Å². The van der Waals surface area contributed by atoms with Crippen molar-refractivity contribution in [1.29, 1.82) is 0 Å². The van der Waals surface area contributed by atoms with Gasteiger partial charge in [0, 0.05) is 24.8 Å². The lowest BCUT2D eigenvalue weighted by Gasteiger charge is -2.29. The monoisotopic (exact) mass is 291 g/mol. The number of methoxy groups -OCH3 is 1. The number of hydrogen-bond donors (Lipinski definition) is 3. The van der Waals surface area contributed by atoms with Crippen LogP contribution in [0.1, 0.15) is 33.6 Å². The number of amides is 2. The molecule has 0 aliphatic carbocycles. The van der Waals surface area contributed by atoms with Crippen LogP contribution in [0.2, 0.25) is 0 Å². The molecule has 1 atom stereocenters. The van der Waals surface area contributed by atoms with Crippen molar-refractivity contribution in [2.24, 2.45) is 5.73 Å². The summed E-state index contributed by atoms with van der Waals surface area (Å²) in [6.07, 6.45) is 2.03. The van der Waals surface area contributed by atoms with E-state index < -0.39 is 5.91 Å². The van der Waals surface area contributed by atoms with Crippen LogP contribution in [-0.4, -0.2) is 44.2 Å². The molecule has 114 valence electrons. The number of benzene rings is 1. The van der Waals surface area contributed by atoms with Crippen LogP contribution < -0.4 is 16.4 Å². The van der Waals surface area contributed by atoms with Crippen molar-refractivity contribution in [3.63, 3.8) is 0 Å². The zero-order valence-electron chi connectivity index (χ0n) is 12.1. The molecule has 21 heavy (non-hydrogen) atoms. The predicted molar refractivity (Wildman–Crippen MR) is 79.1 cm³/mol. The first-order chi connectivity index (χ1) is 10.1. The van der Waals surface area contributed by atoms with Crippen LogP contribution in [0.15, 0.2) is 24.3 Å². The average molecular weight is 291 g/mol. The molecule has 0 aromatic heterocycles. The molecule has 2 amide bonds. The van der Waals surface area contributed by atoms with Gasteiger partial charge in [0.1, 0.15) is 0 Å². The number of nitrogens with one attached hydrogen (secondary N) is 2. The third kappa shape index (κ3) is 3.80. The minimum absolute atomic E-state index is 0.203. The number of nitrogens with two attached hydrogens (primary N) is 1. The van der Waals surface area contributed by atoms with E-state index >= 15 is 0 Å². The van der Waals surface area contributed by atoms with E-state index in [4.69, 9.17) is 10.5 Å². The summed E-state index contributed by atoms with van der Waals surface area (Å²) in [5.74, 6) is -0.764. The Hall–Kier alpha value is -1.92. The van der Waals surface area contributed by atoms with Gasteiger partial charge in [0.05, 0.1) is 12.1 Å². The molecule has 1 aromatic rings. The minimum atomic E-state index is -0.544. The molecule has 1 aliphatic heterocycles. The van der Waals surface area contributed by atoms with E-state index in [0.29, 0.717) is 24.3 Å². The SMILES string of the molecule is COCC1(CNC(=O)c2cccc(C(N)=O)c2)CCCN1. The van der Waals surface area contributed by atoms with Gasteiger partial charge in [0.15, 0.2) is 0 Å². The maximum atomic E-state index is 12.2. The van der Waals surface area contributed by atoms with Crippen LogP contribution in [0.25, 0.3) is 0 Å². The maximum absolute atomic E-state index is 12.2. The van der Waals surface area contributed by atoms with E-state index in [1.165, 1.54) is 6.07 Å². The highest BCUT2D eigenvalue weighted by atomic mass is 16.5. The summed E-state index contributed by atoms with van der Waals surface area (Å²) in [6, 6.07) is 6.40. The summed E-state index contributed by atoms with van der Waals surface area (Å²) in [5, 5.41) is 6.29. The Morgan fingerprint density at radius 2 is 2.19 bits per heavy atom. The van der Waals surface area contributed by atoms with Crippen LogP contribution in [0.4, 0.5) is 0 Å². The Balaban J connectivity index is 2.01. The number of hydrogen-bond acceptors (Lipinski definition) is 4. The Morgan fingerprint density at radius 3 is 2.81 bits per heavy atom. The predicted octanol–water partition coefficient (Wildman–Crippen LogP) is 0.284. The van der Waals surface area contributed by atoms with Crippen molar-refractivity contribution >= 4 is 11.8 Å². The first-order valence-electron chi connectivity index (χ1n) is 6.98. The van der Waals surface area contributed by atoms with Gasteiger partial charge in [0.2, 0.25) is 5.91 Å². The fraction of sp³-hybridized carbons (Fsp3) is 0.467. The van der Waals surface area contributed by atoms with Crippen LogP contribution >= 0.6 is 0 Å². The van der Waals surface area contributed by atoms with Gasteiger partial charge in [-0.3, -0.25) is 9.59 Å². The second-order valence-electron chi connectivity index (χ2n) is 5.37. The molecule has 1 saturated heterocycles. The van der Waals surface area contributed by atoms with Gasteiger partial charge < -0.3 is 21.1 Å². The topological polar surface area (TPSA) is 93.4 Å². The van der Waals surface area contributed by atoms with Crippen LogP contribution in [0.3, 0.4) is 0 Å². The van der Waals surface area contributed by atoms with Gasteiger partial charge in [-0.25, -0.2) is 0 Å². The molecule has 0 saturated carbocycles. The van der Waals surface area contributed by atoms with Gasteiger partial charge >= 0.3 is 0 Å². The molecule has 1 heterocycles. The zero-order chi connectivity index (χ0) is 15.3. The molecular formula is C15H21N3O3. The smallest absolute Gasteiger partial charge is 0.251 e. The van der Waals surface area contributed by atoms with Crippen LogP contribution in [0.5, 0.6) is 0 Å². The second kappa shape index (κ2) is 6.69. The lowest BCUT2D eigenvalue weighted by Crippen LogP contribution is -2.53. The lowest BCUT2D eigenvalue weighted by molar-refractivity contribution is 0.0892. The van der Waals surface area contributed by atoms with Gasteiger partial charge in [-0.15, -0.1) is 0 Å². The largest absolute Gasteiger partial charge is 0.383 e. The van der Waals surface area contributed by atoms with E-state index in [9.17, 15) is 9.59 Å². The van der Waals surface area contributed by atoms with Crippen molar-refractivity contribution in [2.75, 3.05) is 26.8 Å². The number of carbonyl (C=O) groups is 2. The van der Waals surface area contributed by atoms with Gasteiger partial charge in [-0.1, -0.05) is 6.07 Å². The third-order valence-electron chi connectivity index (χ3n) is 3.75. The molecule has 0 bridgehead atoms. The van der Waals surface area contributed by atoms with E-state index in [-0.39, 0.29) is 11.4 Å². The third-order valence-corrected chi connectivity index (χ3v) is 3.75. The fourth-order valence-electron chi connectivity index (χ4n) is 2.64. The van der Waals surface area contributed by atoms with Gasteiger partial charge in [0.25, 0.3) is 5.91 Å². The Kier molecular flexibility index (Phi) is 4.93. The average Bonchev–Trinajstić information content (AvgIpc) is 2.94. The van der Waals surface area contributed by atoms with Crippen molar-refractivity contribution in [3.05, 3.63) is 35.4 Å². The molecule has 1 fully saturated rings. The van der Waals surface area contributed by atoms with Gasteiger partial charge in [-0.2, -0.15) is 0 Å². The number of ether oxygens (including phenoxy) is 1. The van der Waals surface area contributed by atoms with E-state index in [1.54, 1.807) is 25.3 Å². The number of rotatable bonds is 6. The van der Waals surface area contributed by atoms with Crippen molar-refractivity contribution in [3.8, 4) is 0 Å². The Bertz CT molecular complexity index is 525. The zero-order valence-corrected chi connectivity index (χ0v) is 12.1. The summed E-state index contributed by atoms with van der Waals surface area (Å²) in [6.45, 7) is 1.96. The van der Waals surface area contributed by atoms with E-state index in [1.807, 2.05) is 0 Å². The van der Waals surface area contributed by atoms with E-state index in [0.717, 1.165) is 19.4 Å².